The number of nitrogens with two attached hydrogens (primary N) is 1. The Morgan fingerprint density at radius 3 is 3.15 bits per heavy atom. The molecule has 0 spiro atoms. The molecule has 1 aliphatic rings. The molecule has 2 heterocycles. The number of hydrogen-bond donors (Lipinski definition) is 1. The fraction of sp³-hybridized carbons (Fsp3) is 0.556. The highest BCUT2D eigenvalue weighted by molar-refractivity contribution is 5.46. The Morgan fingerprint density at radius 1 is 1.69 bits per heavy atom. The molecule has 1 unspecified atom stereocenters. The first-order chi connectivity index (χ1) is 6.22. The Hall–Kier alpha value is -1.50. The average molecular weight is 176 g/mol. The highest BCUT2D eigenvalue weighted by Gasteiger charge is 2.21. The Bertz CT molecular complexity index is 372. The zero-order valence-electron chi connectivity index (χ0n) is 7.62. The summed E-state index contributed by atoms with van der Waals surface area (Å²) in [7, 11) is 0. The van der Waals surface area contributed by atoms with Crippen molar-refractivity contribution >= 4 is 5.82 Å². The van der Waals surface area contributed by atoms with Gasteiger partial charge in [-0.3, -0.25) is 0 Å². The lowest BCUT2D eigenvalue weighted by Crippen LogP contribution is -2.18. The molecule has 0 amide bonds. The van der Waals surface area contributed by atoms with Crippen LogP contribution in [0.2, 0.25) is 0 Å². The zero-order valence-corrected chi connectivity index (χ0v) is 7.62. The van der Waals surface area contributed by atoms with Crippen LogP contribution in [-0.4, -0.2) is 9.55 Å². The summed E-state index contributed by atoms with van der Waals surface area (Å²) < 4.78 is 1.94. The molecule has 2 rings (SSSR count). The van der Waals surface area contributed by atoms with Gasteiger partial charge in [-0.25, -0.2) is 4.98 Å². The van der Waals surface area contributed by atoms with Crippen molar-refractivity contribution in [3.05, 3.63) is 11.5 Å². The van der Waals surface area contributed by atoms with Gasteiger partial charge >= 0.3 is 0 Å². The summed E-state index contributed by atoms with van der Waals surface area (Å²) >= 11 is 0. The second-order valence-electron chi connectivity index (χ2n) is 3.62. The maximum Gasteiger partial charge on any atom is 0.164 e. The summed E-state index contributed by atoms with van der Waals surface area (Å²) in [5.74, 6) is 2.00. The number of nitriles is 1. The summed E-state index contributed by atoms with van der Waals surface area (Å²) in [6.07, 6.45) is 2.04. The summed E-state index contributed by atoms with van der Waals surface area (Å²) in [6.45, 7) is 3.07. The first-order valence-corrected chi connectivity index (χ1v) is 4.47. The molecular formula is C9H12N4. The molecule has 4 nitrogen and oxygen atoms in total. The molecule has 0 saturated carbocycles. The molecule has 0 saturated heterocycles. The minimum atomic E-state index is 0.381. The van der Waals surface area contributed by atoms with Crippen LogP contribution in [0.1, 0.15) is 24.9 Å². The van der Waals surface area contributed by atoms with Crippen LogP contribution in [0.4, 0.5) is 5.82 Å². The number of nitrogen functional groups attached to an aromatic ring is 1. The van der Waals surface area contributed by atoms with Gasteiger partial charge in [0.05, 0.1) is 0 Å². The van der Waals surface area contributed by atoms with E-state index in [1.54, 1.807) is 0 Å². The highest BCUT2D eigenvalue weighted by Crippen LogP contribution is 2.23. The molecule has 0 bridgehead atoms. The van der Waals surface area contributed by atoms with Gasteiger partial charge in [-0.15, -0.1) is 0 Å². The third-order valence-electron chi connectivity index (χ3n) is 2.56. The van der Waals surface area contributed by atoms with Crippen LogP contribution in [-0.2, 0) is 13.0 Å². The molecule has 0 radical (unpaired) electrons. The van der Waals surface area contributed by atoms with Gasteiger partial charge in [0.15, 0.2) is 11.5 Å². The molecule has 2 N–H and O–H groups in total. The molecule has 13 heavy (non-hydrogen) atoms. The Kier molecular flexibility index (Phi) is 1.73. The van der Waals surface area contributed by atoms with Crippen molar-refractivity contribution < 1.29 is 0 Å². The first kappa shape index (κ1) is 8.11. The SMILES string of the molecule is CC1CCn2c(nc(N)c2C#N)C1. The van der Waals surface area contributed by atoms with E-state index in [1.807, 2.05) is 4.57 Å². The lowest BCUT2D eigenvalue weighted by Gasteiger charge is -2.19. The van der Waals surface area contributed by atoms with E-state index in [2.05, 4.69) is 18.0 Å². The standard InChI is InChI=1S/C9H12N4/c1-6-2-3-13-7(5-10)9(11)12-8(13)4-6/h6H,2-4,11H2,1H3. The molecule has 0 fully saturated rings. The monoisotopic (exact) mass is 176 g/mol. The lowest BCUT2D eigenvalue weighted by molar-refractivity contribution is 0.407. The number of anilines is 1. The largest absolute Gasteiger partial charge is 0.381 e. The molecule has 1 aromatic heterocycles. The molecule has 1 atom stereocenters. The minimum absolute atomic E-state index is 0.381. The molecular weight excluding hydrogens is 164 g/mol. The van der Waals surface area contributed by atoms with E-state index in [1.165, 1.54) is 0 Å². The lowest BCUT2D eigenvalue weighted by atomic mass is 10.0. The third-order valence-corrected chi connectivity index (χ3v) is 2.56. The predicted molar refractivity (Wildman–Crippen MR) is 48.8 cm³/mol. The van der Waals surface area contributed by atoms with Crippen molar-refractivity contribution in [2.24, 2.45) is 5.92 Å². The van der Waals surface area contributed by atoms with E-state index in [0.717, 1.165) is 25.2 Å². The topological polar surface area (TPSA) is 67.6 Å². The van der Waals surface area contributed by atoms with Crippen molar-refractivity contribution in [2.45, 2.75) is 26.3 Å². The van der Waals surface area contributed by atoms with Crippen LogP contribution >= 0.6 is 0 Å². The van der Waals surface area contributed by atoms with Crippen LogP contribution < -0.4 is 5.73 Å². The fourth-order valence-electron chi connectivity index (χ4n) is 1.80. The molecule has 1 aromatic rings. The van der Waals surface area contributed by atoms with E-state index >= 15 is 0 Å². The van der Waals surface area contributed by atoms with Crippen LogP contribution in [0.15, 0.2) is 0 Å². The van der Waals surface area contributed by atoms with Gasteiger partial charge in [-0.1, -0.05) is 6.92 Å². The number of hydrogen-bond acceptors (Lipinski definition) is 3. The Labute approximate surface area is 77.0 Å². The second-order valence-corrected chi connectivity index (χ2v) is 3.62. The van der Waals surface area contributed by atoms with Crippen LogP contribution in [0.25, 0.3) is 0 Å². The van der Waals surface area contributed by atoms with E-state index in [-0.39, 0.29) is 0 Å². The summed E-state index contributed by atoms with van der Waals surface area (Å²) in [4.78, 5) is 4.19. The van der Waals surface area contributed by atoms with E-state index in [0.29, 0.717) is 17.4 Å². The van der Waals surface area contributed by atoms with Crippen LogP contribution in [0.5, 0.6) is 0 Å². The second kappa shape index (κ2) is 2.77. The van der Waals surface area contributed by atoms with Crippen molar-refractivity contribution in [3.8, 4) is 6.07 Å². The number of aromatic nitrogens is 2. The van der Waals surface area contributed by atoms with Gasteiger partial charge < -0.3 is 10.3 Å². The van der Waals surface area contributed by atoms with E-state index in [9.17, 15) is 0 Å². The fourth-order valence-corrected chi connectivity index (χ4v) is 1.80. The number of rotatable bonds is 0. The van der Waals surface area contributed by atoms with Crippen LogP contribution in [0.3, 0.4) is 0 Å². The molecule has 1 aliphatic heterocycles. The zero-order chi connectivity index (χ0) is 9.42. The maximum atomic E-state index is 8.84. The normalized spacial score (nSPS) is 20.8. The number of imidazole rings is 1. The van der Waals surface area contributed by atoms with Gasteiger partial charge in [-0.05, 0) is 12.3 Å². The van der Waals surface area contributed by atoms with Crippen molar-refractivity contribution in [2.75, 3.05) is 5.73 Å². The van der Waals surface area contributed by atoms with Gasteiger partial charge in [-0.2, -0.15) is 5.26 Å². The predicted octanol–water partition coefficient (Wildman–Crippen LogP) is 0.919. The van der Waals surface area contributed by atoms with Crippen molar-refractivity contribution in [3.63, 3.8) is 0 Å². The highest BCUT2D eigenvalue weighted by atomic mass is 15.1. The van der Waals surface area contributed by atoms with Crippen LogP contribution in [0, 0.1) is 17.2 Å². The Morgan fingerprint density at radius 2 is 2.46 bits per heavy atom. The number of fused-ring (bicyclic) bond motifs is 1. The van der Waals surface area contributed by atoms with E-state index in [4.69, 9.17) is 11.0 Å². The van der Waals surface area contributed by atoms with E-state index < -0.39 is 0 Å². The molecule has 4 heteroatoms. The smallest absolute Gasteiger partial charge is 0.164 e. The summed E-state index contributed by atoms with van der Waals surface area (Å²) in [5, 5.41) is 8.84. The van der Waals surface area contributed by atoms with Crippen molar-refractivity contribution in [1.82, 2.24) is 9.55 Å². The Balaban J connectivity index is 2.48. The quantitative estimate of drug-likeness (QED) is 0.639. The number of nitrogens with zero attached hydrogens (tertiary/aromatic N) is 3. The molecule has 0 aliphatic carbocycles. The van der Waals surface area contributed by atoms with Gasteiger partial charge in [0.2, 0.25) is 0 Å². The maximum absolute atomic E-state index is 8.84. The summed E-state index contributed by atoms with van der Waals surface area (Å²) in [6, 6.07) is 2.09. The first-order valence-electron chi connectivity index (χ1n) is 4.47. The third kappa shape index (κ3) is 1.17. The van der Waals surface area contributed by atoms with Gasteiger partial charge in [0.25, 0.3) is 0 Å². The summed E-state index contributed by atoms with van der Waals surface area (Å²) in [5.41, 5.74) is 6.15. The minimum Gasteiger partial charge on any atom is -0.381 e. The van der Waals surface area contributed by atoms with Gasteiger partial charge in [0, 0.05) is 13.0 Å². The van der Waals surface area contributed by atoms with Crippen molar-refractivity contribution in [1.29, 1.82) is 5.26 Å². The van der Waals surface area contributed by atoms with Gasteiger partial charge in [0.1, 0.15) is 11.9 Å². The molecule has 0 aromatic carbocycles. The molecule has 68 valence electrons. The average Bonchev–Trinajstić information content (AvgIpc) is 2.39.